The molecule has 0 N–H and O–H groups in total. The maximum absolute atomic E-state index is 6.29. The molecule has 0 fully saturated rings. The van der Waals surface area contributed by atoms with Gasteiger partial charge < -0.3 is 0 Å². The zero-order valence-corrected chi connectivity index (χ0v) is 9.64. The molecule has 0 radical (unpaired) electrons. The lowest BCUT2D eigenvalue weighted by Crippen LogP contribution is -1.97. The Morgan fingerprint density at radius 3 is 2.57 bits per heavy atom. The first kappa shape index (κ1) is 11.3. The van der Waals surface area contributed by atoms with Crippen LogP contribution in [0.1, 0.15) is 33.1 Å². The Labute approximate surface area is 91.7 Å². The molecule has 0 aromatic rings. The average Bonchev–Trinajstić information content (AvgIpc) is 2.20. The Morgan fingerprint density at radius 2 is 1.93 bits per heavy atom. The lowest BCUT2D eigenvalue weighted by Gasteiger charge is -2.16. The molecule has 0 aromatic carbocycles. The van der Waals surface area contributed by atoms with E-state index >= 15 is 0 Å². The van der Waals surface area contributed by atoms with Crippen molar-refractivity contribution in [1.82, 2.24) is 0 Å². The fourth-order valence-corrected chi connectivity index (χ4v) is 1.94. The van der Waals surface area contributed by atoms with Gasteiger partial charge in [0.25, 0.3) is 0 Å². The van der Waals surface area contributed by atoms with Gasteiger partial charge in [-0.25, -0.2) is 0 Å². The Morgan fingerprint density at radius 1 is 1.14 bits per heavy atom. The molecule has 0 amide bonds. The van der Waals surface area contributed by atoms with Crippen LogP contribution < -0.4 is 0 Å². The molecule has 76 valence electrons. The highest BCUT2D eigenvalue weighted by molar-refractivity contribution is 6.32. The molecule has 1 aliphatic rings. The minimum atomic E-state index is 0.951. The summed E-state index contributed by atoms with van der Waals surface area (Å²) in [6, 6.07) is 0. The van der Waals surface area contributed by atoms with Crippen molar-refractivity contribution in [3.05, 3.63) is 46.6 Å². The smallest absolute Gasteiger partial charge is 0.0469 e. The van der Waals surface area contributed by atoms with Gasteiger partial charge in [0.2, 0.25) is 0 Å². The van der Waals surface area contributed by atoms with Crippen molar-refractivity contribution in [2.75, 3.05) is 0 Å². The summed E-state index contributed by atoms with van der Waals surface area (Å²) in [5.41, 5.74) is 2.54. The van der Waals surface area contributed by atoms with Gasteiger partial charge in [-0.05, 0) is 44.3 Å². The summed E-state index contributed by atoms with van der Waals surface area (Å²) in [7, 11) is 0. The van der Waals surface area contributed by atoms with Crippen LogP contribution in [0.5, 0.6) is 0 Å². The summed E-state index contributed by atoms with van der Waals surface area (Å²) in [6.07, 6.45) is 13.8. The monoisotopic (exact) mass is 208 g/mol. The molecule has 0 heterocycles. The SMILES string of the molecule is C/C=C\C=C1/CCCC(/C=C/C)=C1Cl. The van der Waals surface area contributed by atoms with Crippen molar-refractivity contribution >= 4 is 11.6 Å². The van der Waals surface area contributed by atoms with E-state index in [4.69, 9.17) is 11.6 Å². The van der Waals surface area contributed by atoms with Crippen molar-refractivity contribution in [3.63, 3.8) is 0 Å². The van der Waals surface area contributed by atoms with Gasteiger partial charge in [0, 0.05) is 5.03 Å². The largest absolute Gasteiger partial charge is 0.0877 e. The molecular formula is C13H17Cl. The fourth-order valence-electron chi connectivity index (χ4n) is 1.62. The van der Waals surface area contributed by atoms with Gasteiger partial charge in [0.15, 0.2) is 0 Å². The van der Waals surface area contributed by atoms with Gasteiger partial charge >= 0.3 is 0 Å². The summed E-state index contributed by atoms with van der Waals surface area (Å²) in [5, 5.41) is 0.951. The third-order valence-corrected chi connectivity index (χ3v) is 2.80. The number of halogens is 1. The summed E-state index contributed by atoms with van der Waals surface area (Å²) < 4.78 is 0. The second kappa shape index (κ2) is 5.87. The van der Waals surface area contributed by atoms with E-state index in [9.17, 15) is 0 Å². The minimum absolute atomic E-state index is 0.951. The average molecular weight is 209 g/mol. The molecule has 0 saturated carbocycles. The van der Waals surface area contributed by atoms with Crippen molar-refractivity contribution in [1.29, 1.82) is 0 Å². The molecule has 1 heteroatoms. The Bertz CT molecular complexity index is 303. The number of hydrogen-bond donors (Lipinski definition) is 0. The molecular weight excluding hydrogens is 192 g/mol. The number of rotatable bonds is 2. The summed E-state index contributed by atoms with van der Waals surface area (Å²) in [4.78, 5) is 0. The lowest BCUT2D eigenvalue weighted by molar-refractivity contribution is 0.792. The maximum atomic E-state index is 6.29. The zero-order chi connectivity index (χ0) is 10.4. The van der Waals surface area contributed by atoms with E-state index in [2.05, 4.69) is 24.3 Å². The van der Waals surface area contributed by atoms with Gasteiger partial charge in [0.05, 0.1) is 0 Å². The lowest BCUT2D eigenvalue weighted by atomic mass is 9.94. The van der Waals surface area contributed by atoms with Crippen molar-refractivity contribution in [2.45, 2.75) is 33.1 Å². The van der Waals surface area contributed by atoms with Crippen LogP contribution in [0.2, 0.25) is 0 Å². The van der Waals surface area contributed by atoms with E-state index in [1.54, 1.807) is 0 Å². The van der Waals surface area contributed by atoms with E-state index in [0.717, 1.165) is 17.9 Å². The maximum Gasteiger partial charge on any atom is 0.0469 e. The molecule has 0 aromatic heterocycles. The van der Waals surface area contributed by atoms with Crippen LogP contribution in [-0.4, -0.2) is 0 Å². The summed E-state index contributed by atoms with van der Waals surface area (Å²) in [6.45, 7) is 4.05. The van der Waals surface area contributed by atoms with Gasteiger partial charge in [-0.2, -0.15) is 0 Å². The quantitative estimate of drug-likeness (QED) is 0.615. The van der Waals surface area contributed by atoms with Crippen molar-refractivity contribution in [3.8, 4) is 0 Å². The molecule has 0 saturated heterocycles. The van der Waals surface area contributed by atoms with Gasteiger partial charge in [0.1, 0.15) is 0 Å². The van der Waals surface area contributed by atoms with Crippen LogP contribution in [0.4, 0.5) is 0 Å². The molecule has 1 aliphatic carbocycles. The Balaban J connectivity index is 2.94. The number of allylic oxidation sites excluding steroid dienone is 8. The highest BCUT2D eigenvalue weighted by Crippen LogP contribution is 2.32. The molecule has 0 spiro atoms. The van der Waals surface area contributed by atoms with Crippen molar-refractivity contribution in [2.24, 2.45) is 0 Å². The molecule has 0 unspecified atom stereocenters. The summed E-state index contributed by atoms with van der Waals surface area (Å²) >= 11 is 6.29. The molecule has 0 nitrogen and oxygen atoms in total. The predicted octanol–water partition coefficient (Wildman–Crippen LogP) is 4.74. The third-order valence-electron chi connectivity index (χ3n) is 2.31. The molecule has 1 rings (SSSR count). The standard InChI is InChI=1S/C13H17Cl/c1-3-5-8-12-10-6-9-11(7-4-2)13(12)14/h3-5,7-8H,6,9-10H2,1-2H3/b5-3-,7-4+,12-8+. The van der Waals surface area contributed by atoms with Crippen molar-refractivity contribution < 1.29 is 0 Å². The minimum Gasteiger partial charge on any atom is -0.0877 e. The molecule has 0 bridgehead atoms. The Hall–Kier alpha value is -0.750. The van der Waals surface area contributed by atoms with E-state index < -0.39 is 0 Å². The van der Waals surface area contributed by atoms with Gasteiger partial charge in [-0.15, -0.1) is 0 Å². The van der Waals surface area contributed by atoms with Crippen LogP contribution in [0.25, 0.3) is 0 Å². The van der Waals surface area contributed by atoms with E-state index in [1.807, 2.05) is 19.9 Å². The van der Waals surface area contributed by atoms with E-state index in [-0.39, 0.29) is 0 Å². The van der Waals surface area contributed by atoms with Crippen LogP contribution >= 0.6 is 11.6 Å². The van der Waals surface area contributed by atoms with Crippen LogP contribution in [0, 0.1) is 0 Å². The normalized spacial score (nSPS) is 21.8. The Kier molecular flexibility index (Phi) is 4.75. The second-order valence-electron chi connectivity index (χ2n) is 3.41. The van der Waals surface area contributed by atoms with Crippen LogP contribution in [-0.2, 0) is 0 Å². The van der Waals surface area contributed by atoms with E-state index in [0.29, 0.717) is 0 Å². The third kappa shape index (κ3) is 2.88. The first-order chi connectivity index (χ1) is 6.79. The van der Waals surface area contributed by atoms with Crippen LogP contribution in [0.3, 0.4) is 0 Å². The predicted molar refractivity (Wildman–Crippen MR) is 64.4 cm³/mol. The van der Waals surface area contributed by atoms with Gasteiger partial charge in [-0.1, -0.05) is 42.0 Å². The highest BCUT2D eigenvalue weighted by Gasteiger charge is 2.12. The molecule has 0 atom stereocenters. The molecule has 0 aliphatic heterocycles. The first-order valence-electron chi connectivity index (χ1n) is 5.13. The zero-order valence-electron chi connectivity index (χ0n) is 8.89. The number of hydrogen-bond acceptors (Lipinski definition) is 0. The first-order valence-corrected chi connectivity index (χ1v) is 5.51. The van der Waals surface area contributed by atoms with Crippen LogP contribution in [0.15, 0.2) is 46.6 Å². The molecule has 14 heavy (non-hydrogen) atoms. The van der Waals surface area contributed by atoms with E-state index in [1.165, 1.54) is 17.6 Å². The highest BCUT2D eigenvalue weighted by atomic mass is 35.5. The fraction of sp³-hybridized carbons (Fsp3) is 0.385. The second-order valence-corrected chi connectivity index (χ2v) is 3.79. The topological polar surface area (TPSA) is 0 Å². The summed E-state index contributed by atoms with van der Waals surface area (Å²) in [5.74, 6) is 0. The van der Waals surface area contributed by atoms with Gasteiger partial charge in [-0.3, -0.25) is 0 Å².